The highest BCUT2D eigenvalue weighted by molar-refractivity contribution is 6.03. The van der Waals surface area contributed by atoms with Crippen LogP contribution in [0, 0.1) is 5.82 Å². The minimum Gasteiger partial charge on any atom is -0.393 e. The fourth-order valence-electron chi connectivity index (χ4n) is 5.22. The molecule has 0 aliphatic carbocycles. The second-order valence-corrected chi connectivity index (χ2v) is 11.6. The van der Waals surface area contributed by atoms with Crippen LogP contribution in [0.4, 0.5) is 23.2 Å². The highest BCUT2D eigenvalue weighted by Crippen LogP contribution is 2.30. The molecule has 47 heavy (non-hydrogen) atoms. The Balaban J connectivity index is 1.87. The van der Waals surface area contributed by atoms with Crippen LogP contribution >= 0.6 is 0 Å². The molecule has 1 heterocycles. The number of hydrogen-bond acceptors (Lipinski definition) is 6. The Labute approximate surface area is 271 Å². The summed E-state index contributed by atoms with van der Waals surface area (Å²) < 4.78 is 57.4. The van der Waals surface area contributed by atoms with Crippen molar-refractivity contribution in [1.82, 2.24) is 9.88 Å². The van der Waals surface area contributed by atoms with Gasteiger partial charge in [0.05, 0.1) is 34.2 Å². The van der Waals surface area contributed by atoms with E-state index in [4.69, 9.17) is 4.84 Å². The number of likely N-dealkylation sites (N-methyl/N-ethyl adjacent to an activating group) is 1. The van der Waals surface area contributed by atoms with Crippen molar-refractivity contribution in [2.45, 2.75) is 32.0 Å². The number of benzene rings is 3. The number of hydrogen-bond donors (Lipinski definition) is 1. The summed E-state index contributed by atoms with van der Waals surface area (Å²) >= 11 is 0. The number of aldehydes is 1. The lowest BCUT2D eigenvalue weighted by Gasteiger charge is -2.24. The second kappa shape index (κ2) is 15.2. The van der Waals surface area contributed by atoms with Crippen molar-refractivity contribution in [3.63, 3.8) is 0 Å². The number of carbonyl (C=O) groups is 1. The topological polar surface area (TPSA) is 83.6 Å². The maximum atomic E-state index is 15.8. The van der Waals surface area contributed by atoms with Crippen LogP contribution in [-0.2, 0) is 27.8 Å². The monoisotopic (exact) mass is 650 g/mol. The van der Waals surface area contributed by atoms with Gasteiger partial charge in [-0.2, -0.15) is 13.2 Å². The maximum Gasteiger partial charge on any atom is 0.416 e. The highest BCUT2D eigenvalue weighted by Gasteiger charge is 2.30. The van der Waals surface area contributed by atoms with Crippen LogP contribution in [0.5, 0.6) is 0 Å². The number of nitrogens with zero attached hydrogens (tertiary/aromatic N) is 5. The van der Waals surface area contributed by atoms with Crippen molar-refractivity contribution in [2.24, 2.45) is 15.1 Å². The smallest absolute Gasteiger partial charge is 0.393 e. The molecule has 3 aromatic carbocycles. The number of oxime groups is 1. The number of aromatic nitrogens is 1. The summed E-state index contributed by atoms with van der Waals surface area (Å²) in [6.07, 6.45) is -2.09. The molecule has 0 aliphatic rings. The van der Waals surface area contributed by atoms with E-state index in [0.29, 0.717) is 46.8 Å². The van der Waals surface area contributed by atoms with Gasteiger partial charge in [0.2, 0.25) is 5.84 Å². The minimum atomic E-state index is -4.48. The zero-order chi connectivity index (χ0) is 34.2. The van der Waals surface area contributed by atoms with E-state index in [9.17, 15) is 18.0 Å². The number of halogens is 4. The average Bonchev–Trinajstić information content (AvgIpc) is 3.05. The van der Waals surface area contributed by atoms with Gasteiger partial charge in [0.25, 0.3) is 0 Å². The number of pyridine rings is 1. The Hall–Kier alpha value is -4.84. The van der Waals surface area contributed by atoms with E-state index in [1.54, 1.807) is 35.8 Å². The Kier molecular flexibility index (Phi) is 11.3. The number of alkyl halides is 3. The van der Waals surface area contributed by atoms with E-state index < -0.39 is 17.6 Å². The lowest BCUT2D eigenvalue weighted by molar-refractivity contribution is -0.137. The number of rotatable bonds is 13. The van der Waals surface area contributed by atoms with Gasteiger partial charge in [0, 0.05) is 43.7 Å². The molecule has 8 nitrogen and oxygen atoms in total. The lowest BCUT2D eigenvalue weighted by atomic mass is 9.86. The molecule has 1 N–H and O–H groups in total. The number of aliphatic imine (C=N–C) groups is 1. The molecule has 0 saturated carbocycles. The van der Waals surface area contributed by atoms with Crippen LogP contribution in [0.15, 0.2) is 88.1 Å². The first kappa shape index (κ1) is 35.0. The highest BCUT2D eigenvalue weighted by atomic mass is 19.4. The van der Waals surface area contributed by atoms with E-state index in [-0.39, 0.29) is 36.6 Å². The molecular weight excluding hydrogens is 612 g/mol. The largest absolute Gasteiger partial charge is 0.416 e. The molecule has 4 rings (SSSR count). The molecule has 1 aromatic heterocycles. The number of nitrogens with one attached hydrogen (secondary N) is 1. The Morgan fingerprint density at radius 3 is 2.36 bits per heavy atom. The summed E-state index contributed by atoms with van der Waals surface area (Å²) in [5.41, 5.74) is 1.56. The Bertz CT molecular complexity index is 1800. The van der Waals surface area contributed by atoms with Crippen molar-refractivity contribution < 1.29 is 27.2 Å². The van der Waals surface area contributed by atoms with Gasteiger partial charge in [0.15, 0.2) is 0 Å². The summed E-state index contributed by atoms with van der Waals surface area (Å²) in [5, 5.41) is 8.06. The van der Waals surface area contributed by atoms with Crippen molar-refractivity contribution in [3.05, 3.63) is 106 Å². The molecular formula is C35H38F4N6O2. The SMILES string of the molecule is C=N/C(=N\OCC(C)(C)c1ccccc1)c1cn(Cc2ccc(C(F)(F)F)cc2)c2cc(N(CC=O)CCNC)c(F)cc2c1=NC. The van der Waals surface area contributed by atoms with Gasteiger partial charge in [-0.25, -0.2) is 9.38 Å². The van der Waals surface area contributed by atoms with Gasteiger partial charge >= 0.3 is 6.18 Å². The number of amidine groups is 1. The molecule has 0 spiro atoms. The second-order valence-electron chi connectivity index (χ2n) is 11.6. The van der Waals surface area contributed by atoms with Gasteiger partial charge < -0.3 is 24.4 Å². The normalized spacial score (nSPS) is 12.8. The number of carbonyl (C=O) groups excluding carboxylic acids is 1. The third-order valence-electron chi connectivity index (χ3n) is 7.82. The zero-order valence-electron chi connectivity index (χ0n) is 26.8. The molecule has 0 unspecified atom stereocenters. The van der Waals surface area contributed by atoms with Gasteiger partial charge in [-0.1, -0.05) is 61.5 Å². The standard InChI is InChI=1S/C35H38F4N6O2/c1-34(2,25-9-7-6-8-10-25)23-47-43-33(42-5)28-22-45(21-24-11-13-26(14-12-24)35(37,38)39)30-20-31(44(17-18-46)16-15-40-3)29(36)19-27(30)32(28)41-4/h6-14,18-20,22,40H,5,15-17,21,23H2,1-4H3/b41-32?,43-33-. The van der Waals surface area contributed by atoms with Crippen LogP contribution in [0.25, 0.3) is 10.9 Å². The van der Waals surface area contributed by atoms with E-state index in [2.05, 4.69) is 27.2 Å². The molecule has 248 valence electrons. The van der Waals surface area contributed by atoms with Crippen LogP contribution in [0.3, 0.4) is 0 Å². The first-order valence-corrected chi connectivity index (χ1v) is 14.9. The van der Waals surface area contributed by atoms with E-state index >= 15 is 4.39 Å². The lowest BCUT2D eigenvalue weighted by Crippen LogP contribution is -2.33. The first-order chi connectivity index (χ1) is 22.4. The minimum absolute atomic E-state index is 0.0417. The zero-order valence-corrected chi connectivity index (χ0v) is 26.8. The summed E-state index contributed by atoms with van der Waals surface area (Å²) in [4.78, 5) is 27.4. The van der Waals surface area contributed by atoms with Gasteiger partial charge in [0.1, 0.15) is 18.7 Å². The van der Waals surface area contributed by atoms with Crippen LogP contribution in [0.1, 0.15) is 36.1 Å². The van der Waals surface area contributed by atoms with Crippen molar-refractivity contribution in [2.75, 3.05) is 45.2 Å². The summed E-state index contributed by atoms with van der Waals surface area (Å²) in [5.74, 6) is -0.483. The third-order valence-corrected chi connectivity index (χ3v) is 7.82. The van der Waals surface area contributed by atoms with Crippen LogP contribution < -0.4 is 15.6 Å². The van der Waals surface area contributed by atoms with E-state index in [1.807, 2.05) is 44.2 Å². The molecule has 0 bridgehead atoms. The third kappa shape index (κ3) is 8.31. The molecule has 0 aliphatic heterocycles. The quantitative estimate of drug-likeness (QED) is 0.0637. The van der Waals surface area contributed by atoms with E-state index in [1.165, 1.54) is 18.2 Å². The summed E-state index contributed by atoms with van der Waals surface area (Å²) in [6, 6.07) is 17.6. The van der Waals surface area contributed by atoms with Gasteiger partial charge in [-0.15, -0.1) is 0 Å². The van der Waals surface area contributed by atoms with Crippen molar-refractivity contribution >= 4 is 35.4 Å². The fraction of sp³-hybridized carbons (Fsp3) is 0.314. The molecule has 0 fully saturated rings. The maximum absolute atomic E-state index is 15.8. The van der Waals surface area contributed by atoms with Crippen molar-refractivity contribution in [3.8, 4) is 0 Å². The molecule has 4 aromatic rings. The van der Waals surface area contributed by atoms with Gasteiger partial charge in [-0.05, 0) is 49.2 Å². The van der Waals surface area contributed by atoms with Crippen LogP contribution in [0.2, 0.25) is 0 Å². The predicted molar refractivity (Wildman–Crippen MR) is 178 cm³/mol. The van der Waals surface area contributed by atoms with Gasteiger partial charge in [-0.3, -0.25) is 4.99 Å². The Morgan fingerprint density at radius 1 is 1.06 bits per heavy atom. The molecule has 0 atom stereocenters. The summed E-state index contributed by atoms with van der Waals surface area (Å²) in [6.45, 7) is 8.86. The molecule has 0 amide bonds. The average molecular weight is 651 g/mol. The van der Waals surface area contributed by atoms with Crippen LogP contribution in [-0.4, -0.2) is 63.7 Å². The first-order valence-electron chi connectivity index (χ1n) is 14.9. The van der Waals surface area contributed by atoms with E-state index in [0.717, 1.165) is 17.7 Å². The Morgan fingerprint density at radius 2 is 1.77 bits per heavy atom. The predicted octanol–water partition coefficient (Wildman–Crippen LogP) is 5.96. The molecule has 0 radical (unpaired) electrons. The number of fused-ring (bicyclic) bond motifs is 1. The molecule has 12 heteroatoms. The van der Waals surface area contributed by atoms with Crippen molar-refractivity contribution in [1.29, 1.82) is 0 Å². The summed E-state index contributed by atoms with van der Waals surface area (Å²) in [7, 11) is 3.31. The fourth-order valence-corrected chi connectivity index (χ4v) is 5.22. The number of anilines is 1. The molecule has 0 saturated heterocycles.